The molecule has 1 N–H and O–H groups in total. The summed E-state index contributed by atoms with van der Waals surface area (Å²) in [6.45, 7) is 6.44. The highest BCUT2D eigenvalue weighted by molar-refractivity contribution is 5.75. The summed E-state index contributed by atoms with van der Waals surface area (Å²) < 4.78 is 4.96. The quantitative estimate of drug-likeness (QED) is 0.365. The van der Waals surface area contributed by atoms with E-state index in [1.807, 2.05) is 26.8 Å². The zero-order valence-electron chi connectivity index (χ0n) is 6.90. The zero-order valence-corrected chi connectivity index (χ0v) is 6.90. The molecule has 0 aromatic heterocycles. The number of nitrogens with one attached hydrogen (secondary N) is 1. The summed E-state index contributed by atoms with van der Waals surface area (Å²) in [6.07, 6.45) is 2.64. The maximum absolute atomic E-state index is 7.26. The molecule has 0 atom stereocenters. The number of allylic oxidation sites excluding steroid dienone is 1. The fourth-order valence-electron chi connectivity index (χ4n) is 0.581. The molecule has 0 radical (unpaired) electrons. The minimum atomic E-state index is 0.359. The van der Waals surface area contributed by atoms with Crippen molar-refractivity contribution in [3.63, 3.8) is 0 Å². The molecule has 0 aliphatic heterocycles. The standard InChI is InChI=1S/C8H15NO/c1-4-7(3)6-8(9)10-5-2/h4,9H,5-6H2,1-3H3/b7-4+,9-8?. The van der Waals surface area contributed by atoms with E-state index in [-0.39, 0.29) is 0 Å². The molecule has 0 fully saturated rings. The van der Waals surface area contributed by atoms with E-state index in [1.54, 1.807) is 0 Å². The largest absolute Gasteiger partial charge is 0.481 e. The van der Waals surface area contributed by atoms with Gasteiger partial charge in [-0.2, -0.15) is 0 Å². The van der Waals surface area contributed by atoms with E-state index in [1.165, 1.54) is 5.57 Å². The lowest BCUT2D eigenvalue weighted by molar-refractivity contribution is 0.317. The summed E-state index contributed by atoms with van der Waals surface area (Å²) in [5.41, 5.74) is 1.18. The highest BCUT2D eigenvalue weighted by Gasteiger charge is 1.95. The first kappa shape index (κ1) is 9.21. The van der Waals surface area contributed by atoms with E-state index in [2.05, 4.69) is 0 Å². The van der Waals surface area contributed by atoms with Gasteiger partial charge in [0.2, 0.25) is 0 Å². The van der Waals surface area contributed by atoms with Crippen LogP contribution in [0.1, 0.15) is 27.2 Å². The zero-order chi connectivity index (χ0) is 7.98. The van der Waals surface area contributed by atoms with Gasteiger partial charge in [-0.15, -0.1) is 0 Å². The second kappa shape index (κ2) is 5.03. The van der Waals surface area contributed by atoms with Gasteiger partial charge in [-0.3, -0.25) is 5.41 Å². The van der Waals surface area contributed by atoms with Crippen LogP contribution < -0.4 is 0 Å². The maximum Gasteiger partial charge on any atom is 0.184 e. The molecule has 0 saturated carbocycles. The van der Waals surface area contributed by atoms with Crippen LogP contribution in [0.5, 0.6) is 0 Å². The van der Waals surface area contributed by atoms with Crippen molar-refractivity contribution >= 4 is 5.90 Å². The molecule has 0 bridgehead atoms. The minimum absolute atomic E-state index is 0.359. The fraction of sp³-hybridized carbons (Fsp3) is 0.625. The van der Waals surface area contributed by atoms with Crippen molar-refractivity contribution < 1.29 is 4.74 Å². The Morgan fingerprint density at radius 1 is 1.60 bits per heavy atom. The predicted octanol–water partition coefficient (Wildman–Crippen LogP) is 2.36. The highest BCUT2D eigenvalue weighted by atomic mass is 16.5. The summed E-state index contributed by atoms with van der Waals surface area (Å²) in [6, 6.07) is 0. The second-order valence-corrected chi connectivity index (χ2v) is 2.17. The second-order valence-electron chi connectivity index (χ2n) is 2.17. The SMILES string of the molecule is C/C=C(\C)CC(=N)OCC. The Morgan fingerprint density at radius 2 is 2.20 bits per heavy atom. The summed E-state index contributed by atoms with van der Waals surface area (Å²) in [5.74, 6) is 0.359. The molecule has 0 rings (SSSR count). The van der Waals surface area contributed by atoms with Crippen LogP contribution in [0.2, 0.25) is 0 Å². The molecule has 0 saturated heterocycles. The van der Waals surface area contributed by atoms with E-state index in [9.17, 15) is 0 Å². The molecular weight excluding hydrogens is 126 g/mol. The molecule has 0 heterocycles. The molecule has 0 aromatic carbocycles. The minimum Gasteiger partial charge on any atom is -0.481 e. The monoisotopic (exact) mass is 141 g/mol. The van der Waals surface area contributed by atoms with Crippen molar-refractivity contribution in [1.29, 1.82) is 5.41 Å². The number of hydrogen-bond acceptors (Lipinski definition) is 2. The lowest BCUT2D eigenvalue weighted by Crippen LogP contribution is -2.02. The van der Waals surface area contributed by atoms with Crippen LogP contribution in [0.15, 0.2) is 11.6 Å². The van der Waals surface area contributed by atoms with Gasteiger partial charge < -0.3 is 4.74 Å². The van der Waals surface area contributed by atoms with Crippen LogP contribution >= 0.6 is 0 Å². The third kappa shape index (κ3) is 4.13. The molecule has 0 aliphatic rings. The Morgan fingerprint density at radius 3 is 2.60 bits per heavy atom. The van der Waals surface area contributed by atoms with Crippen molar-refractivity contribution in [2.75, 3.05) is 6.61 Å². The summed E-state index contributed by atoms with van der Waals surface area (Å²) in [4.78, 5) is 0. The van der Waals surface area contributed by atoms with Crippen LogP contribution in [-0.4, -0.2) is 12.5 Å². The Kier molecular flexibility index (Phi) is 4.63. The lowest BCUT2D eigenvalue weighted by Gasteiger charge is -2.03. The van der Waals surface area contributed by atoms with Gasteiger partial charge in [0.15, 0.2) is 5.90 Å². The molecule has 0 aromatic rings. The van der Waals surface area contributed by atoms with Gasteiger partial charge in [0.25, 0.3) is 0 Å². The van der Waals surface area contributed by atoms with Crippen LogP contribution in [-0.2, 0) is 4.74 Å². The number of rotatable bonds is 3. The topological polar surface area (TPSA) is 33.1 Å². The van der Waals surface area contributed by atoms with Crippen molar-refractivity contribution in [2.45, 2.75) is 27.2 Å². The van der Waals surface area contributed by atoms with Gasteiger partial charge in [0.1, 0.15) is 0 Å². The fourth-order valence-corrected chi connectivity index (χ4v) is 0.581. The Labute approximate surface area is 62.4 Å². The molecule has 0 amide bonds. The van der Waals surface area contributed by atoms with Gasteiger partial charge in [-0.25, -0.2) is 0 Å². The van der Waals surface area contributed by atoms with Gasteiger partial charge in [-0.1, -0.05) is 11.6 Å². The van der Waals surface area contributed by atoms with Gasteiger partial charge >= 0.3 is 0 Å². The van der Waals surface area contributed by atoms with E-state index < -0.39 is 0 Å². The maximum atomic E-state index is 7.26. The molecule has 2 heteroatoms. The molecule has 2 nitrogen and oxygen atoms in total. The average Bonchev–Trinajstić information content (AvgIpc) is 1.88. The molecule has 10 heavy (non-hydrogen) atoms. The van der Waals surface area contributed by atoms with Crippen molar-refractivity contribution in [1.82, 2.24) is 0 Å². The smallest absolute Gasteiger partial charge is 0.184 e. The Balaban J connectivity index is 3.58. The summed E-state index contributed by atoms with van der Waals surface area (Å²) in [5, 5.41) is 7.26. The molecular formula is C8H15NO. The lowest BCUT2D eigenvalue weighted by atomic mass is 10.2. The first-order chi connectivity index (χ1) is 4.70. The number of ether oxygens (including phenoxy) is 1. The first-order valence-electron chi connectivity index (χ1n) is 3.52. The van der Waals surface area contributed by atoms with Crippen LogP contribution in [0.4, 0.5) is 0 Å². The van der Waals surface area contributed by atoms with Gasteiger partial charge in [0, 0.05) is 6.42 Å². The van der Waals surface area contributed by atoms with Crippen LogP contribution in [0.3, 0.4) is 0 Å². The van der Waals surface area contributed by atoms with E-state index in [0.29, 0.717) is 18.9 Å². The summed E-state index contributed by atoms with van der Waals surface area (Å²) >= 11 is 0. The van der Waals surface area contributed by atoms with E-state index in [0.717, 1.165) is 0 Å². The predicted molar refractivity (Wildman–Crippen MR) is 43.4 cm³/mol. The van der Waals surface area contributed by atoms with Crippen LogP contribution in [0, 0.1) is 5.41 Å². The number of hydrogen-bond donors (Lipinski definition) is 1. The molecule has 0 aliphatic carbocycles. The Bertz CT molecular complexity index is 138. The van der Waals surface area contributed by atoms with E-state index in [4.69, 9.17) is 10.1 Å². The van der Waals surface area contributed by atoms with E-state index >= 15 is 0 Å². The molecule has 0 unspecified atom stereocenters. The normalized spacial score (nSPS) is 11.3. The van der Waals surface area contributed by atoms with Gasteiger partial charge in [0.05, 0.1) is 6.61 Å². The average molecular weight is 141 g/mol. The van der Waals surface area contributed by atoms with Crippen molar-refractivity contribution in [2.24, 2.45) is 0 Å². The summed E-state index contributed by atoms with van der Waals surface area (Å²) in [7, 11) is 0. The molecule has 0 spiro atoms. The molecule has 58 valence electrons. The first-order valence-corrected chi connectivity index (χ1v) is 3.52. The highest BCUT2D eigenvalue weighted by Crippen LogP contribution is 2.00. The van der Waals surface area contributed by atoms with Gasteiger partial charge in [-0.05, 0) is 20.8 Å². The van der Waals surface area contributed by atoms with Crippen molar-refractivity contribution in [3.05, 3.63) is 11.6 Å². The third-order valence-electron chi connectivity index (χ3n) is 1.25. The third-order valence-corrected chi connectivity index (χ3v) is 1.25. The van der Waals surface area contributed by atoms with Crippen molar-refractivity contribution in [3.8, 4) is 0 Å². The van der Waals surface area contributed by atoms with Crippen LogP contribution in [0.25, 0.3) is 0 Å². The Hall–Kier alpha value is -0.790.